The number of aryl methyl sites for hydroxylation is 1. The quantitative estimate of drug-likeness (QED) is 0.621. The first-order valence-electron chi connectivity index (χ1n) is 8.21. The van der Waals surface area contributed by atoms with E-state index in [1.165, 1.54) is 0 Å². The van der Waals surface area contributed by atoms with Crippen LogP contribution in [0, 0.1) is 24.2 Å². The molecule has 4 nitrogen and oxygen atoms in total. The third kappa shape index (κ3) is 5.50. The van der Waals surface area contributed by atoms with Crippen LogP contribution in [0.25, 0.3) is 6.08 Å². The number of ether oxygens (including phenoxy) is 1. The molecular formula is C21H22N2O2. The molecule has 1 amide bonds. The molecule has 2 aromatic rings. The molecule has 25 heavy (non-hydrogen) atoms. The molecule has 0 radical (unpaired) electrons. The van der Waals surface area contributed by atoms with Crippen molar-refractivity contribution in [2.24, 2.45) is 5.92 Å². The molecule has 0 aliphatic heterocycles. The van der Waals surface area contributed by atoms with E-state index in [9.17, 15) is 10.1 Å². The summed E-state index contributed by atoms with van der Waals surface area (Å²) in [7, 11) is 0. The number of hydrogen-bond donors (Lipinski definition) is 1. The number of hydrogen-bond acceptors (Lipinski definition) is 3. The minimum atomic E-state index is -0.440. The van der Waals surface area contributed by atoms with Crippen LogP contribution in [0.3, 0.4) is 0 Å². The highest BCUT2D eigenvalue weighted by atomic mass is 16.5. The second-order valence-electron chi connectivity index (χ2n) is 6.23. The Kier molecular flexibility index (Phi) is 6.36. The van der Waals surface area contributed by atoms with Gasteiger partial charge >= 0.3 is 0 Å². The Morgan fingerprint density at radius 1 is 1.20 bits per heavy atom. The summed E-state index contributed by atoms with van der Waals surface area (Å²) in [5, 5.41) is 12.1. The summed E-state index contributed by atoms with van der Waals surface area (Å²) in [6, 6.07) is 16.8. The van der Waals surface area contributed by atoms with Crippen LogP contribution in [0.4, 0.5) is 5.69 Å². The third-order valence-corrected chi connectivity index (χ3v) is 3.47. The highest BCUT2D eigenvalue weighted by Crippen LogP contribution is 2.22. The van der Waals surface area contributed by atoms with Crippen molar-refractivity contribution in [3.63, 3.8) is 0 Å². The SMILES string of the molecule is Cc1ccc(NC(=O)/C(C#N)=C/c2ccccc2OCC(C)C)cc1. The first-order valence-corrected chi connectivity index (χ1v) is 8.21. The Bertz CT molecular complexity index is 799. The van der Waals surface area contributed by atoms with E-state index < -0.39 is 5.91 Å². The number of carbonyl (C=O) groups excluding carboxylic acids is 1. The topological polar surface area (TPSA) is 62.1 Å². The van der Waals surface area contributed by atoms with Crippen molar-refractivity contribution in [3.8, 4) is 11.8 Å². The summed E-state index contributed by atoms with van der Waals surface area (Å²) in [5.74, 6) is 0.606. The number of nitriles is 1. The van der Waals surface area contributed by atoms with Gasteiger partial charge in [0.25, 0.3) is 5.91 Å². The lowest BCUT2D eigenvalue weighted by Gasteiger charge is -2.11. The number of nitrogens with one attached hydrogen (secondary N) is 1. The zero-order chi connectivity index (χ0) is 18.2. The van der Waals surface area contributed by atoms with Crippen molar-refractivity contribution in [2.45, 2.75) is 20.8 Å². The maximum Gasteiger partial charge on any atom is 0.266 e. The zero-order valence-corrected chi connectivity index (χ0v) is 14.7. The van der Waals surface area contributed by atoms with Gasteiger partial charge in [-0.05, 0) is 37.1 Å². The molecule has 0 aromatic heterocycles. The third-order valence-electron chi connectivity index (χ3n) is 3.47. The number of nitrogens with zero attached hydrogens (tertiary/aromatic N) is 1. The maximum atomic E-state index is 12.4. The summed E-state index contributed by atoms with van der Waals surface area (Å²) in [6.45, 7) is 6.67. The highest BCUT2D eigenvalue weighted by Gasteiger charge is 2.11. The van der Waals surface area contributed by atoms with Crippen molar-refractivity contribution < 1.29 is 9.53 Å². The van der Waals surface area contributed by atoms with Gasteiger partial charge in [0.05, 0.1) is 6.61 Å². The lowest BCUT2D eigenvalue weighted by atomic mass is 10.1. The van der Waals surface area contributed by atoms with Gasteiger partial charge in [0, 0.05) is 11.3 Å². The highest BCUT2D eigenvalue weighted by molar-refractivity contribution is 6.09. The molecule has 0 aliphatic carbocycles. The number of para-hydroxylation sites is 1. The van der Waals surface area contributed by atoms with Gasteiger partial charge in [-0.2, -0.15) is 5.26 Å². The van der Waals surface area contributed by atoms with Gasteiger partial charge in [0.2, 0.25) is 0 Å². The Morgan fingerprint density at radius 3 is 2.52 bits per heavy atom. The van der Waals surface area contributed by atoms with Crippen LogP contribution < -0.4 is 10.1 Å². The number of rotatable bonds is 6. The molecular weight excluding hydrogens is 312 g/mol. The molecule has 0 fully saturated rings. The normalized spacial score (nSPS) is 11.1. The zero-order valence-electron chi connectivity index (χ0n) is 14.7. The van der Waals surface area contributed by atoms with Gasteiger partial charge in [-0.1, -0.05) is 49.7 Å². The summed E-state index contributed by atoms with van der Waals surface area (Å²) in [4.78, 5) is 12.4. The Balaban J connectivity index is 2.20. The van der Waals surface area contributed by atoms with E-state index in [2.05, 4.69) is 19.2 Å². The fourth-order valence-corrected chi connectivity index (χ4v) is 2.13. The van der Waals surface area contributed by atoms with E-state index in [0.717, 1.165) is 5.56 Å². The molecule has 128 valence electrons. The van der Waals surface area contributed by atoms with E-state index in [0.29, 0.717) is 29.5 Å². The van der Waals surface area contributed by atoms with Crippen molar-refractivity contribution in [2.75, 3.05) is 11.9 Å². The number of amides is 1. The minimum Gasteiger partial charge on any atom is -0.493 e. The van der Waals surface area contributed by atoms with Crippen LogP contribution in [-0.2, 0) is 4.79 Å². The summed E-state index contributed by atoms with van der Waals surface area (Å²) < 4.78 is 5.77. The predicted octanol–water partition coefficient (Wildman–Crippen LogP) is 4.58. The van der Waals surface area contributed by atoms with Gasteiger partial charge in [-0.3, -0.25) is 4.79 Å². The average Bonchev–Trinajstić information content (AvgIpc) is 2.60. The number of anilines is 1. The van der Waals surface area contributed by atoms with E-state index in [1.54, 1.807) is 6.08 Å². The number of benzene rings is 2. The molecule has 0 bridgehead atoms. The van der Waals surface area contributed by atoms with Crippen LogP contribution in [0.1, 0.15) is 25.0 Å². The molecule has 0 saturated heterocycles. The van der Waals surface area contributed by atoms with Gasteiger partial charge in [0.1, 0.15) is 17.4 Å². The second kappa shape index (κ2) is 8.70. The lowest BCUT2D eigenvalue weighted by Crippen LogP contribution is -2.13. The molecule has 2 aromatic carbocycles. The molecule has 0 atom stereocenters. The van der Waals surface area contributed by atoms with Gasteiger partial charge in [-0.25, -0.2) is 0 Å². The smallest absolute Gasteiger partial charge is 0.266 e. The van der Waals surface area contributed by atoms with Gasteiger partial charge < -0.3 is 10.1 Å². The molecule has 0 heterocycles. The Morgan fingerprint density at radius 2 is 1.88 bits per heavy atom. The largest absolute Gasteiger partial charge is 0.493 e. The molecule has 0 saturated carbocycles. The van der Waals surface area contributed by atoms with Crippen LogP contribution in [0.15, 0.2) is 54.1 Å². The van der Waals surface area contributed by atoms with Crippen LogP contribution in [-0.4, -0.2) is 12.5 Å². The summed E-state index contributed by atoms with van der Waals surface area (Å²) in [5.41, 5.74) is 2.49. The molecule has 2 rings (SSSR count). The molecule has 0 unspecified atom stereocenters. The second-order valence-corrected chi connectivity index (χ2v) is 6.23. The van der Waals surface area contributed by atoms with Crippen molar-refractivity contribution in [1.82, 2.24) is 0 Å². The first kappa shape index (κ1) is 18.3. The minimum absolute atomic E-state index is 0.0289. The predicted molar refractivity (Wildman–Crippen MR) is 100 cm³/mol. The van der Waals surface area contributed by atoms with Crippen LogP contribution >= 0.6 is 0 Å². The molecule has 4 heteroatoms. The monoisotopic (exact) mass is 334 g/mol. The van der Waals surface area contributed by atoms with Crippen molar-refractivity contribution in [3.05, 3.63) is 65.2 Å². The van der Waals surface area contributed by atoms with Gasteiger partial charge in [-0.15, -0.1) is 0 Å². The fraction of sp³-hybridized carbons (Fsp3) is 0.238. The maximum absolute atomic E-state index is 12.4. The Labute approximate surface area is 148 Å². The molecule has 0 aliphatic rings. The number of carbonyl (C=O) groups is 1. The summed E-state index contributed by atoms with van der Waals surface area (Å²) in [6.07, 6.45) is 1.55. The molecule has 0 spiro atoms. The van der Waals surface area contributed by atoms with Gasteiger partial charge in [0.15, 0.2) is 0 Å². The van der Waals surface area contributed by atoms with Crippen LogP contribution in [0.2, 0.25) is 0 Å². The Hall–Kier alpha value is -3.06. The average molecular weight is 334 g/mol. The standard InChI is InChI=1S/C21H22N2O2/c1-15(2)14-25-20-7-5-4-6-17(20)12-18(13-22)21(24)23-19-10-8-16(3)9-11-19/h4-12,15H,14H2,1-3H3,(H,23,24)/b18-12+. The van der Waals surface area contributed by atoms with Crippen molar-refractivity contribution in [1.29, 1.82) is 5.26 Å². The first-order chi connectivity index (χ1) is 12.0. The van der Waals surface area contributed by atoms with E-state index in [-0.39, 0.29) is 5.57 Å². The lowest BCUT2D eigenvalue weighted by molar-refractivity contribution is -0.112. The van der Waals surface area contributed by atoms with Crippen molar-refractivity contribution >= 4 is 17.7 Å². The molecule has 1 N–H and O–H groups in total. The van der Waals surface area contributed by atoms with Crippen LogP contribution in [0.5, 0.6) is 5.75 Å². The van der Waals surface area contributed by atoms with E-state index >= 15 is 0 Å². The fourth-order valence-electron chi connectivity index (χ4n) is 2.13. The van der Waals surface area contributed by atoms with E-state index in [4.69, 9.17) is 4.74 Å². The summed E-state index contributed by atoms with van der Waals surface area (Å²) >= 11 is 0. The van der Waals surface area contributed by atoms with E-state index in [1.807, 2.05) is 61.5 Å².